The largest absolute Gasteiger partial charge is 0.466 e. The van der Waals surface area contributed by atoms with E-state index in [-0.39, 0.29) is 18.0 Å². The molecule has 0 spiro atoms. The third-order valence-corrected chi connectivity index (χ3v) is 3.85. The van der Waals surface area contributed by atoms with E-state index in [1.54, 1.807) is 23.1 Å². The zero-order valence-corrected chi connectivity index (χ0v) is 14.5. The highest BCUT2D eigenvalue weighted by atomic mass is 35.5. The maximum absolute atomic E-state index is 12.6. The summed E-state index contributed by atoms with van der Waals surface area (Å²) in [5, 5.41) is 3.78. The van der Waals surface area contributed by atoms with Crippen molar-refractivity contribution < 1.29 is 22.0 Å². The van der Waals surface area contributed by atoms with Crippen LogP contribution in [0.5, 0.6) is 0 Å². The SMILES string of the molecule is CC(C)(C)C(=O)N1CC/C(=N/OS(=O)(=O)O)c2c(Cl)cccc21. The lowest BCUT2D eigenvalue weighted by atomic mass is 9.91. The van der Waals surface area contributed by atoms with Crippen LogP contribution in [0.2, 0.25) is 5.02 Å². The van der Waals surface area contributed by atoms with Crippen LogP contribution in [0.1, 0.15) is 32.8 Å². The minimum absolute atomic E-state index is 0.0873. The first-order valence-corrected chi connectivity index (χ1v) is 8.59. The van der Waals surface area contributed by atoms with Crippen LogP contribution in [0.25, 0.3) is 0 Å². The van der Waals surface area contributed by atoms with E-state index in [4.69, 9.17) is 16.2 Å². The van der Waals surface area contributed by atoms with Crippen LogP contribution in [-0.4, -0.2) is 31.1 Å². The number of rotatable bonds is 2. The van der Waals surface area contributed by atoms with Crippen LogP contribution in [0, 0.1) is 5.41 Å². The van der Waals surface area contributed by atoms with Gasteiger partial charge in [0.1, 0.15) is 0 Å². The van der Waals surface area contributed by atoms with E-state index >= 15 is 0 Å². The van der Waals surface area contributed by atoms with Gasteiger partial charge in [-0.15, -0.1) is 0 Å². The van der Waals surface area contributed by atoms with E-state index in [9.17, 15) is 13.2 Å². The first kappa shape index (κ1) is 17.7. The van der Waals surface area contributed by atoms with Crippen molar-refractivity contribution in [2.75, 3.05) is 11.4 Å². The lowest BCUT2D eigenvalue weighted by Gasteiger charge is -2.34. The second-order valence-corrected chi connectivity index (χ2v) is 7.54. The number of benzene rings is 1. The molecule has 0 fully saturated rings. The molecule has 1 aliphatic rings. The van der Waals surface area contributed by atoms with Crippen molar-refractivity contribution in [3.63, 3.8) is 0 Å². The molecular weight excluding hydrogens is 344 g/mol. The molecule has 0 atom stereocenters. The van der Waals surface area contributed by atoms with Gasteiger partial charge in [0.05, 0.1) is 16.4 Å². The number of hydrogen-bond acceptors (Lipinski definition) is 5. The molecule has 1 heterocycles. The number of hydrogen-bond donors (Lipinski definition) is 1. The van der Waals surface area contributed by atoms with Crippen molar-refractivity contribution in [2.45, 2.75) is 27.2 Å². The summed E-state index contributed by atoms with van der Waals surface area (Å²) in [6.07, 6.45) is 0.244. The molecule has 2 rings (SSSR count). The summed E-state index contributed by atoms with van der Waals surface area (Å²) < 4.78 is 34.2. The molecule has 1 aromatic carbocycles. The molecule has 0 radical (unpaired) electrons. The van der Waals surface area contributed by atoms with Gasteiger partial charge in [0.15, 0.2) is 0 Å². The minimum atomic E-state index is -4.70. The zero-order chi connectivity index (χ0) is 17.4. The van der Waals surface area contributed by atoms with Gasteiger partial charge in [-0.3, -0.25) is 9.35 Å². The second-order valence-electron chi connectivity index (χ2n) is 6.13. The number of anilines is 1. The molecule has 126 valence electrons. The van der Waals surface area contributed by atoms with Gasteiger partial charge in [-0.2, -0.15) is 8.42 Å². The van der Waals surface area contributed by atoms with E-state index in [1.165, 1.54) is 0 Å². The lowest BCUT2D eigenvalue weighted by molar-refractivity contribution is -0.125. The predicted molar refractivity (Wildman–Crippen MR) is 87.0 cm³/mol. The number of fused-ring (bicyclic) bond motifs is 1. The Labute approximate surface area is 139 Å². The molecule has 1 N–H and O–H groups in total. The molecule has 1 amide bonds. The Morgan fingerprint density at radius 2 is 2.04 bits per heavy atom. The van der Waals surface area contributed by atoms with Crippen molar-refractivity contribution in [1.29, 1.82) is 0 Å². The third-order valence-electron chi connectivity index (χ3n) is 3.27. The topological polar surface area (TPSA) is 96.3 Å². The molecule has 0 saturated carbocycles. The Morgan fingerprint density at radius 1 is 1.39 bits per heavy atom. The first-order valence-electron chi connectivity index (χ1n) is 6.84. The maximum Gasteiger partial charge on any atom is 0.466 e. The summed E-state index contributed by atoms with van der Waals surface area (Å²) in [6.45, 7) is 5.73. The van der Waals surface area contributed by atoms with Gasteiger partial charge >= 0.3 is 10.4 Å². The number of amides is 1. The fourth-order valence-electron chi connectivity index (χ4n) is 2.29. The standard InChI is InChI=1S/C14H17ClN2O5S/c1-14(2,3)13(18)17-8-7-10(16-22-23(19,20)21)12-9(15)5-4-6-11(12)17/h4-6H,7-8H2,1-3H3,(H,19,20,21)/b16-10-. The summed E-state index contributed by atoms with van der Waals surface area (Å²) in [7, 11) is -4.70. The van der Waals surface area contributed by atoms with Crippen LogP contribution in [0.4, 0.5) is 5.69 Å². The van der Waals surface area contributed by atoms with Crippen molar-refractivity contribution in [3.05, 3.63) is 28.8 Å². The number of carbonyl (C=O) groups excluding carboxylic acids is 1. The average Bonchev–Trinajstić information content (AvgIpc) is 2.42. The average molecular weight is 361 g/mol. The Bertz CT molecular complexity index is 768. The van der Waals surface area contributed by atoms with Crippen LogP contribution in [0.15, 0.2) is 23.4 Å². The van der Waals surface area contributed by atoms with Crippen LogP contribution >= 0.6 is 11.6 Å². The quantitative estimate of drug-likeness (QED) is 0.646. The summed E-state index contributed by atoms with van der Waals surface area (Å²) in [5.41, 5.74) is 0.614. The van der Waals surface area contributed by atoms with E-state index < -0.39 is 15.8 Å². The highest BCUT2D eigenvalue weighted by Crippen LogP contribution is 2.35. The molecule has 1 aromatic rings. The number of halogens is 1. The van der Waals surface area contributed by atoms with E-state index in [2.05, 4.69) is 9.44 Å². The zero-order valence-electron chi connectivity index (χ0n) is 12.9. The van der Waals surface area contributed by atoms with Crippen molar-refractivity contribution in [1.82, 2.24) is 0 Å². The monoisotopic (exact) mass is 360 g/mol. The van der Waals surface area contributed by atoms with E-state index in [1.807, 2.05) is 20.8 Å². The van der Waals surface area contributed by atoms with Crippen molar-refractivity contribution in [2.24, 2.45) is 10.6 Å². The molecule has 0 aliphatic carbocycles. The van der Waals surface area contributed by atoms with Crippen LogP contribution < -0.4 is 4.90 Å². The normalized spacial score (nSPS) is 17.1. The Kier molecular flexibility index (Phi) is 4.70. The number of carbonyl (C=O) groups is 1. The molecule has 1 aliphatic heterocycles. The molecule has 0 unspecified atom stereocenters. The Morgan fingerprint density at radius 3 is 2.61 bits per heavy atom. The van der Waals surface area contributed by atoms with Gasteiger partial charge in [-0.25, -0.2) is 4.28 Å². The van der Waals surface area contributed by atoms with Gasteiger partial charge in [0, 0.05) is 23.9 Å². The van der Waals surface area contributed by atoms with Gasteiger partial charge in [-0.1, -0.05) is 43.6 Å². The molecular formula is C14H17ClN2O5S. The molecule has 0 saturated heterocycles. The van der Waals surface area contributed by atoms with Crippen LogP contribution in [-0.2, 0) is 19.5 Å². The Balaban J connectivity index is 2.51. The minimum Gasteiger partial charge on any atom is -0.311 e. The molecule has 9 heteroatoms. The third kappa shape index (κ3) is 4.01. The van der Waals surface area contributed by atoms with Gasteiger partial charge in [0.25, 0.3) is 0 Å². The highest BCUT2D eigenvalue weighted by Gasteiger charge is 2.34. The van der Waals surface area contributed by atoms with Gasteiger partial charge in [-0.05, 0) is 12.1 Å². The first-order chi connectivity index (χ1) is 10.5. The fraction of sp³-hybridized carbons (Fsp3) is 0.429. The fourth-order valence-corrected chi connectivity index (χ4v) is 2.75. The van der Waals surface area contributed by atoms with E-state index in [0.717, 1.165) is 0 Å². The Hall–Kier alpha value is -1.64. The summed E-state index contributed by atoms with van der Waals surface area (Å²) in [5.74, 6) is -0.0873. The highest BCUT2D eigenvalue weighted by molar-refractivity contribution is 7.80. The lowest BCUT2D eigenvalue weighted by Crippen LogP contribution is -2.43. The summed E-state index contributed by atoms with van der Waals surface area (Å²) in [4.78, 5) is 14.2. The molecule has 23 heavy (non-hydrogen) atoms. The number of oxime groups is 1. The molecule has 7 nitrogen and oxygen atoms in total. The van der Waals surface area contributed by atoms with Crippen LogP contribution in [0.3, 0.4) is 0 Å². The summed E-state index contributed by atoms with van der Waals surface area (Å²) in [6, 6.07) is 5.00. The van der Waals surface area contributed by atoms with Gasteiger partial charge in [0.2, 0.25) is 5.91 Å². The molecule has 0 bridgehead atoms. The second kappa shape index (κ2) is 6.10. The predicted octanol–water partition coefficient (Wildman–Crippen LogP) is 2.65. The van der Waals surface area contributed by atoms with Crippen molar-refractivity contribution >= 4 is 39.3 Å². The van der Waals surface area contributed by atoms with E-state index in [0.29, 0.717) is 22.8 Å². The maximum atomic E-state index is 12.6. The number of nitrogens with zero attached hydrogens (tertiary/aromatic N) is 2. The van der Waals surface area contributed by atoms with Gasteiger partial charge < -0.3 is 4.90 Å². The molecule has 0 aromatic heterocycles. The smallest absolute Gasteiger partial charge is 0.311 e. The van der Waals surface area contributed by atoms with Crippen molar-refractivity contribution in [3.8, 4) is 0 Å². The summed E-state index contributed by atoms with van der Waals surface area (Å²) >= 11 is 6.18.